The predicted molar refractivity (Wildman–Crippen MR) is 87.8 cm³/mol. The molecular formula is C16H22N6O4. The van der Waals surface area contributed by atoms with E-state index in [0.717, 1.165) is 16.5 Å². The van der Waals surface area contributed by atoms with Crippen molar-refractivity contribution in [1.82, 2.24) is 29.9 Å². The lowest BCUT2D eigenvalue weighted by Crippen LogP contribution is -2.47. The summed E-state index contributed by atoms with van der Waals surface area (Å²) in [7, 11) is 0. The molecule has 0 bridgehead atoms. The van der Waals surface area contributed by atoms with Gasteiger partial charge in [-0.2, -0.15) is 0 Å². The Morgan fingerprint density at radius 1 is 1.27 bits per heavy atom. The summed E-state index contributed by atoms with van der Waals surface area (Å²) in [5, 5.41) is 10.7. The Kier molecular flexibility index (Phi) is 3.59. The first-order valence-electron chi connectivity index (χ1n) is 8.65. The van der Waals surface area contributed by atoms with Gasteiger partial charge in [0.15, 0.2) is 5.82 Å². The van der Waals surface area contributed by atoms with Crippen molar-refractivity contribution in [3.05, 3.63) is 11.6 Å². The average molecular weight is 362 g/mol. The Morgan fingerprint density at radius 3 is 2.73 bits per heavy atom. The second kappa shape index (κ2) is 5.50. The number of rotatable bonds is 2. The van der Waals surface area contributed by atoms with Crippen LogP contribution in [0, 0.1) is 6.92 Å². The number of hydrogen-bond donors (Lipinski definition) is 1. The minimum absolute atomic E-state index is 0.249. The number of nitrogens with zero attached hydrogens (tertiary/aromatic N) is 5. The molecule has 2 saturated heterocycles. The van der Waals surface area contributed by atoms with Crippen LogP contribution >= 0.6 is 0 Å². The zero-order valence-corrected chi connectivity index (χ0v) is 15.1. The number of ether oxygens (including phenoxy) is 1. The Morgan fingerprint density at radius 2 is 2.04 bits per heavy atom. The van der Waals surface area contributed by atoms with E-state index in [2.05, 4.69) is 15.5 Å². The number of nitrogens with one attached hydrogen (secondary N) is 1. The highest BCUT2D eigenvalue weighted by atomic mass is 16.5. The first-order valence-corrected chi connectivity index (χ1v) is 8.65. The van der Waals surface area contributed by atoms with Crippen molar-refractivity contribution >= 4 is 17.8 Å². The lowest BCUT2D eigenvalue weighted by Gasteiger charge is -2.34. The summed E-state index contributed by atoms with van der Waals surface area (Å²) < 4.78 is 8.04. The molecule has 0 aliphatic carbocycles. The molecule has 4 amide bonds. The molecule has 2 fully saturated rings. The quantitative estimate of drug-likeness (QED) is 0.705. The molecule has 4 rings (SSSR count). The summed E-state index contributed by atoms with van der Waals surface area (Å²) in [4.78, 5) is 39.5. The van der Waals surface area contributed by atoms with Gasteiger partial charge in [-0.05, 0) is 27.2 Å². The third-order valence-electron chi connectivity index (χ3n) is 5.37. The molecule has 0 radical (unpaired) electrons. The SMILES string of the molecule is Cc1nnc2n1CC1(CCN(C(=O)CN3C(=O)NC(C)(C)C3=O)C1)OC2. The van der Waals surface area contributed by atoms with E-state index in [9.17, 15) is 14.4 Å². The highest BCUT2D eigenvalue weighted by molar-refractivity contribution is 6.08. The third-order valence-corrected chi connectivity index (χ3v) is 5.37. The number of fused-ring (bicyclic) bond motifs is 1. The zero-order valence-electron chi connectivity index (χ0n) is 15.1. The summed E-state index contributed by atoms with van der Waals surface area (Å²) in [6, 6.07) is -0.527. The van der Waals surface area contributed by atoms with Crippen molar-refractivity contribution in [2.45, 2.75) is 51.5 Å². The first-order chi connectivity index (χ1) is 12.2. The standard InChI is InChI=1S/C16H22N6O4/c1-10-18-19-11-7-26-16(9-22(10)11)4-5-20(8-16)12(23)6-21-13(24)15(2,3)17-14(21)25/h4-9H2,1-3H3,(H,17,25). The number of hydrogen-bond acceptors (Lipinski definition) is 6. The fourth-order valence-corrected chi connectivity index (χ4v) is 3.79. The number of aryl methyl sites for hydroxylation is 1. The maximum Gasteiger partial charge on any atom is 0.325 e. The maximum atomic E-state index is 12.7. The van der Waals surface area contributed by atoms with Gasteiger partial charge in [-0.15, -0.1) is 10.2 Å². The number of carbonyl (C=O) groups is 3. The Hall–Kier alpha value is -2.49. The van der Waals surface area contributed by atoms with Gasteiger partial charge in [0.1, 0.15) is 30.1 Å². The van der Waals surface area contributed by atoms with Crippen LogP contribution in [0.4, 0.5) is 4.79 Å². The van der Waals surface area contributed by atoms with Crippen LogP contribution in [-0.2, 0) is 27.5 Å². The smallest absolute Gasteiger partial charge is 0.325 e. The molecule has 1 aromatic heterocycles. The van der Waals surface area contributed by atoms with Crippen LogP contribution in [0.2, 0.25) is 0 Å². The molecule has 1 atom stereocenters. The van der Waals surface area contributed by atoms with Crippen LogP contribution in [0.1, 0.15) is 31.9 Å². The molecule has 140 valence electrons. The molecule has 1 spiro atoms. The summed E-state index contributed by atoms with van der Waals surface area (Å²) in [6.07, 6.45) is 0.696. The van der Waals surface area contributed by atoms with E-state index in [4.69, 9.17) is 4.74 Å². The number of carbonyl (C=O) groups excluding carboxylic acids is 3. The Bertz CT molecular complexity index is 803. The minimum Gasteiger partial charge on any atom is -0.363 e. The lowest BCUT2D eigenvalue weighted by atomic mass is 10.0. The van der Waals surface area contributed by atoms with Crippen LogP contribution in [-0.4, -0.2) is 73.2 Å². The van der Waals surface area contributed by atoms with E-state index in [1.807, 2.05) is 11.5 Å². The van der Waals surface area contributed by atoms with Gasteiger partial charge < -0.3 is 19.5 Å². The van der Waals surface area contributed by atoms with Crippen LogP contribution in [0.5, 0.6) is 0 Å². The predicted octanol–water partition coefficient (Wildman–Crippen LogP) is -0.582. The molecule has 4 heterocycles. The van der Waals surface area contributed by atoms with Gasteiger partial charge in [0.2, 0.25) is 5.91 Å². The second-order valence-electron chi connectivity index (χ2n) is 7.73. The zero-order chi connectivity index (χ0) is 18.7. The molecule has 0 aromatic carbocycles. The first kappa shape index (κ1) is 17.0. The van der Waals surface area contributed by atoms with Crippen LogP contribution < -0.4 is 5.32 Å². The van der Waals surface area contributed by atoms with Crippen molar-refractivity contribution in [3.8, 4) is 0 Å². The summed E-state index contributed by atoms with van der Waals surface area (Å²) in [6.45, 7) is 6.81. The average Bonchev–Trinajstić information content (AvgIpc) is 3.21. The highest BCUT2D eigenvalue weighted by Gasteiger charge is 2.48. The highest BCUT2D eigenvalue weighted by Crippen LogP contribution is 2.32. The lowest BCUT2D eigenvalue weighted by molar-refractivity contribution is -0.139. The number of aromatic nitrogens is 3. The van der Waals surface area contributed by atoms with Crippen molar-refractivity contribution in [2.75, 3.05) is 19.6 Å². The van der Waals surface area contributed by atoms with Gasteiger partial charge in [-0.1, -0.05) is 0 Å². The van der Waals surface area contributed by atoms with Crippen molar-refractivity contribution in [1.29, 1.82) is 0 Å². The number of amides is 4. The van der Waals surface area contributed by atoms with Crippen LogP contribution in [0.25, 0.3) is 0 Å². The fraction of sp³-hybridized carbons (Fsp3) is 0.688. The number of likely N-dealkylation sites (tertiary alicyclic amines) is 1. The Balaban J connectivity index is 1.43. The molecule has 26 heavy (non-hydrogen) atoms. The van der Waals surface area contributed by atoms with E-state index in [1.165, 1.54) is 0 Å². The van der Waals surface area contributed by atoms with Gasteiger partial charge in [-0.25, -0.2) is 4.79 Å². The largest absolute Gasteiger partial charge is 0.363 e. The normalized spacial score (nSPS) is 27.2. The van der Waals surface area contributed by atoms with E-state index in [-0.39, 0.29) is 18.4 Å². The molecule has 10 nitrogen and oxygen atoms in total. The molecule has 3 aliphatic rings. The maximum absolute atomic E-state index is 12.7. The third kappa shape index (κ3) is 2.56. The topological polar surface area (TPSA) is 110 Å². The van der Waals surface area contributed by atoms with Crippen LogP contribution in [0.15, 0.2) is 0 Å². The van der Waals surface area contributed by atoms with Gasteiger partial charge in [0.25, 0.3) is 5.91 Å². The monoisotopic (exact) mass is 362 g/mol. The summed E-state index contributed by atoms with van der Waals surface area (Å²) in [5.41, 5.74) is -1.44. The van der Waals surface area contributed by atoms with E-state index in [1.54, 1.807) is 18.7 Å². The van der Waals surface area contributed by atoms with E-state index < -0.39 is 17.2 Å². The van der Waals surface area contributed by atoms with Crippen molar-refractivity contribution in [2.24, 2.45) is 0 Å². The number of urea groups is 1. The molecule has 10 heteroatoms. The second-order valence-corrected chi connectivity index (χ2v) is 7.73. The van der Waals surface area contributed by atoms with Crippen molar-refractivity contribution in [3.63, 3.8) is 0 Å². The van der Waals surface area contributed by atoms with Crippen LogP contribution in [0.3, 0.4) is 0 Å². The van der Waals surface area contributed by atoms with Crippen molar-refractivity contribution < 1.29 is 19.1 Å². The molecule has 1 N–H and O–H groups in total. The van der Waals surface area contributed by atoms with Gasteiger partial charge in [0.05, 0.1) is 13.1 Å². The summed E-state index contributed by atoms with van der Waals surface area (Å²) >= 11 is 0. The molecular weight excluding hydrogens is 340 g/mol. The Labute approximate surface area is 150 Å². The van der Waals surface area contributed by atoms with Gasteiger partial charge >= 0.3 is 6.03 Å². The van der Waals surface area contributed by atoms with Gasteiger partial charge in [-0.3, -0.25) is 14.5 Å². The summed E-state index contributed by atoms with van der Waals surface area (Å²) in [5.74, 6) is 0.981. The molecule has 3 aliphatic heterocycles. The molecule has 1 aromatic rings. The molecule has 0 saturated carbocycles. The molecule has 1 unspecified atom stereocenters. The minimum atomic E-state index is -0.974. The fourth-order valence-electron chi connectivity index (χ4n) is 3.79. The van der Waals surface area contributed by atoms with E-state index >= 15 is 0 Å². The van der Waals surface area contributed by atoms with Gasteiger partial charge in [0, 0.05) is 6.54 Å². The van der Waals surface area contributed by atoms with E-state index in [0.29, 0.717) is 32.7 Å². The number of imide groups is 1.